The van der Waals surface area contributed by atoms with E-state index in [9.17, 15) is 20.3 Å². The van der Waals surface area contributed by atoms with Crippen LogP contribution >= 0.6 is 0 Å². The molecule has 1 aliphatic carbocycles. The molecule has 182 valence electrons. The Balaban J connectivity index is 1.35. The minimum atomic E-state index is -0.978. The summed E-state index contributed by atoms with van der Waals surface area (Å²) in [5, 5.41) is 37.8. The summed E-state index contributed by atoms with van der Waals surface area (Å²) in [5.41, 5.74) is 1.52. The lowest BCUT2D eigenvalue weighted by Crippen LogP contribution is -2.48. The van der Waals surface area contributed by atoms with Gasteiger partial charge in [0.25, 0.3) is 0 Å². The molecule has 1 spiro atoms. The number of aliphatic hydroxyl groups is 2. The largest absolute Gasteiger partial charge is 0.496 e. The summed E-state index contributed by atoms with van der Waals surface area (Å²) in [5.74, 6) is 0.428. The monoisotopic (exact) mass is 467 g/mol. The fourth-order valence-electron chi connectivity index (χ4n) is 5.98. The van der Waals surface area contributed by atoms with Crippen molar-refractivity contribution in [1.82, 2.24) is 20.5 Å². The van der Waals surface area contributed by atoms with Crippen LogP contribution < -0.4 is 15.4 Å². The number of likely N-dealkylation sites (tertiary alicyclic amines) is 1. The third-order valence-electron chi connectivity index (χ3n) is 8.04. The minimum Gasteiger partial charge on any atom is -0.496 e. The van der Waals surface area contributed by atoms with Gasteiger partial charge in [0.15, 0.2) is 0 Å². The van der Waals surface area contributed by atoms with E-state index in [1.54, 1.807) is 7.11 Å². The van der Waals surface area contributed by atoms with Crippen LogP contribution in [0.25, 0.3) is 10.9 Å². The number of methoxy groups -OCH3 is 1. The van der Waals surface area contributed by atoms with E-state index in [1.165, 1.54) is 0 Å². The molecule has 3 fully saturated rings. The van der Waals surface area contributed by atoms with Crippen molar-refractivity contribution in [2.75, 3.05) is 20.2 Å². The van der Waals surface area contributed by atoms with Crippen LogP contribution in [-0.4, -0.2) is 64.5 Å². The van der Waals surface area contributed by atoms with Crippen molar-refractivity contribution in [1.29, 1.82) is 5.26 Å². The zero-order valence-electron chi connectivity index (χ0n) is 19.5. The second-order valence-electron chi connectivity index (χ2n) is 10.1. The number of ether oxygens (including phenoxy) is 1. The van der Waals surface area contributed by atoms with Gasteiger partial charge in [-0.3, -0.25) is 15.0 Å². The van der Waals surface area contributed by atoms with Crippen LogP contribution in [0.5, 0.6) is 5.75 Å². The molecule has 2 saturated heterocycles. The Morgan fingerprint density at radius 1 is 1.44 bits per heavy atom. The number of nitriles is 1. The van der Waals surface area contributed by atoms with Gasteiger partial charge < -0.3 is 25.3 Å². The van der Waals surface area contributed by atoms with E-state index in [1.807, 2.05) is 29.2 Å². The first-order chi connectivity index (χ1) is 16.4. The van der Waals surface area contributed by atoms with Crippen LogP contribution in [0.3, 0.4) is 0 Å². The normalized spacial score (nSPS) is 27.9. The van der Waals surface area contributed by atoms with Crippen LogP contribution in [0.4, 0.5) is 0 Å². The third-order valence-corrected chi connectivity index (χ3v) is 8.04. The van der Waals surface area contributed by atoms with E-state index in [0.717, 1.165) is 42.3 Å². The van der Waals surface area contributed by atoms with Crippen LogP contribution in [0.2, 0.25) is 0 Å². The first-order valence-electron chi connectivity index (χ1n) is 12.1. The molecule has 1 aromatic carbocycles. The summed E-state index contributed by atoms with van der Waals surface area (Å²) < 4.78 is 5.45. The van der Waals surface area contributed by atoms with E-state index in [-0.39, 0.29) is 17.2 Å². The van der Waals surface area contributed by atoms with Gasteiger partial charge >= 0.3 is 0 Å². The summed E-state index contributed by atoms with van der Waals surface area (Å²) in [6, 6.07) is 8.56. The standard InChI is InChI=1S/C25H33N5O4/c1-34-21-5-2-4-18-17(21)11-19(29-18)24(33)30-14-25(7-3-8-25)12-20(30)23(32)28-16(13-26)10-15-6-9-27-22(15)31/h2,4-5,11,15-16,20,22,24,27,29,31,33H,3,6-10,12,14H2,1H3,(H,28,32). The van der Waals surface area contributed by atoms with Crippen molar-refractivity contribution in [3.63, 3.8) is 0 Å². The van der Waals surface area contributed by atoms with Gasteiger partial charge in [-0.1, -0.05) is 12.5 Å². The fraction of sp³-hybridized carbons (Fsp3) is 0.600. The Morgan fingerprint density at radius 2 is 2.26 bits per heavy atom. The van der Waals surface area contributed by atoms with Crippen molar-refractivity contribution in [2.24, 2.45) is 11.3 Å². The molecule has 3 aliphatic rings. The zero-order chi connectivity index (χ0) is 23.9. The highest BCUT2D eigenvalue weighted by Gasteiger charge is 2.52. The molecule has 1 aromatic heterocycles. The molecule has 2 aromatic rings. The van der Waals surface area contributed by atoms with E-state index in [2.05, 4.69) is 21.7 Å². The third kappa shape index (κ3) is 4.16. The molecule has 9 heteroatoms. The van der Waals surface area contributed by atoms with E-state index >= 15 is 0 Å². The second kappa shape index (κ2) is 9.19. The number of carbonyl (C=O) groups is 1. The first kappa shape index (κ1) is 23.1. The lowest BCUT2D eigenvalue weighted by atomic mass is 9.67. The molecule has 1 saturated carbocycles. The SMILES string of the molecule is COc1cccc2[nH]c(C(O)N3CC4(CCC4)CC3C(=O)NC(C#N)CC3CCNC3O)cc12. The summed E-state index contributed by atoms with van der Waals surface area (Å²) in [6.07, 6.45) is 3.45. The molecule has 0 radical (unpaired) electrons. The maximum absolute atomic E-state index is 13.4. The van der Waals surface area contributed by atoms with E-state index in [0.29, 0.717) is 31.6 Å². The number of hydrogen-bond donors (Lipinski definition) is 5. The quantitative estimate of drug-likeness (QED) is 0.419. The van der Waals surface area contributed by atoms with Gasteiger partial charge in [-0.05, 0) is 62.3 Å². The van der Waals surface area contributed by atoms with Crippen LogP contribution in [0, 0.1) is 22.7 Å². The second-order valence-corrected chi connectivity index (χ2v) is 10.1. The summed E-state index contributed by atoms with van der Waals surface area (Å²) in [4.78, 5) is 18.5. The predicted molar refractivity (Wildman–Crippen MR) is 125 cm³/mol. The van der Waals surface area contributed by atoms with Gasteiger partial charge in [-0.2, -0.15) is 5.26 Å². The van der Waals surface area contributed by atoms with Crippen LogP contribution in [0.15, 0.2) is 24.3 Å². The number of carbonyl (C=O) groups excluding carboxylic acids is 1. The van der Waals surface area contributed by atoms with E-state index < -0.39 is 24.5 Å². The van der Waals surface area contributed by atoms with Gasteiger partial charge in [0.2, 0.25) is 5.91 Å². The lowest BCUT2D eigenvalue weighted by Gasteiger charge is -2.38. The summed E-state index contributed by atoms with van der Waals surface area (Å²) >= 11 is 0. The molecule has 1 amide bonds. The van der Waals surface area contributed by atoms with Crippen LogP contribution in [0.1, 0.15) is 50.4 Å². The molecular formula is C25H33N5O4. The summed E-state index contributed by atoms with van der Waals surface area (Å²) in [7, 11) is 1.62. The number of fused-ring (bicyclic) bond motifs is 1. The number of nitrogens with zero attached hydrogens (tertiary/aromatic N) is 2. The number of hydrogen-bond acceptors (Lipinski definition) is 7. The van der Waals surface area contributed by atoms with Gasteiger partial charge in [0.1, 0.15) is 24.2 Å². The minimum absolute atomic E-state index is 0.0421. The Kier molecular flexibility index (Phi) is 6.25. The number of aromatic amines is 1. The van der Waals surface area contributed by atoms with Crippen LogP contribution in [-0.2, 0) is 4.79 Å². The predicted octanol–water partition coefficient (Wildman–Crippen LogP) is 1.74. The van der Waals surface area contributed by atoms with Crippen molar-refractivity contribution in [3.8, 4) is 11.8 Å². The average molecular weight is 468 g/mol. The molecule has 5 unspecified atom stereocenters. The molecule has 5 atom stereocenters. The fourth-order valence-corrected chi connectivity index (χ4v) is 5.98. The molecule has 3 heterocycles. The molecule has 5 N–H and O–H groups in total. The Hall–Kier alpha value is -2.64. The number of nitrogens with one attached hydrogen (secondary N) is 3. The van der Waals surface area contributed by atoms with Gasteiger partial charge in [-0.15, -0.1) is 0 Å². The number of rotatable bonds is 7. The Morgan fingerprint density at radius 3 is 2.91 bits per heavy atom. The number of benzene rings is 1. The molecule has 2 aliphatic heterocycles. The first-order valence-corrected chi connectivity index (χ1v) is 12.1. The number of aromatic nitrogens is 1. The zero-order valence-corrected chi connectivity index (χ0v) is 19.5. The highest BCUT2D eigenvalue weighted by Crippen LogP contribution is 2.52. The maximum atomic E-state index is 13.4. The van der Waals surface area contributed by atoms with Crippen molar-refractivity contribution >= 4 is 16.8 Å². The topological polar surface area (TPSA) is 134 Å². The van der Waals surface area contributed by atoms with Crippen molar-refractivity contribution < 1.29 is 19.7 Å². The number of amides is 1. The average Bonchev–Trinajstić information content (AvgIpc) is 3.54. The lowest BCUT2D eigenvalue weighted by molar-refractivity contribution is -0.130. The van der Waals surface area contributed by atoms with Crippen molar-refractivity contribution in [3.05, 3.63) is 30.0 Å². The maximum Gasteiger partial charge on any atom is 0.238 e. The number of H-pyrrole nitrogens is 1. The molecule has 34 heavy (non-hydrogen) atoms. The van der Waals surface area contributed by atoms with E-state index in [4.69, 9.17) is 4.74 Å². The summed E-state index contributed by atoms with van der Waals surface area (Å²) in [6.45, 7) is 1.35. The Labute approximate surface area is 199 Å². The molecule has 0 bridgehead atoms. The molecule has 9 nitrogen and oxygen atoms in total. The molecular weight excluding hydrogens is 434 g/mol. The highest BCUT2D eigenvalue weighted by molar-refractivity contribution is 5.87. The van der Waals surface area contributed by atoms with Gasteiger partial charge in [0, 0.05) is 23.4 Å². The highest BCUT2D eigenvalue weighted by atomic mass is 16.5. The Bertz CT molecular complexity index is 1090. The van der Waals surface area contributed by atoms with Gasteiger partial charge in [-0.25, -0.2) is 0 Å². The van der Waals surface area contributed by atoms with Gasteiger partial charge in [0.05, 0.1) is 24.9 Å². The number of aliphatic hydroxyl groups excluding tert-OH is 2. The molecule has 5 rings (SSSR count). The smallest absolute Gasteiger partial charge is 0.238 e. The van der Waals surface area contributed by atoms with Crippen molar-refractivity contribution in [2.45, 2.75) is 63.1 Å².